The number of allylic oxidation sites excluding steroid dienone is 1. The van der Waals surface area contributed by atoms with Crippen LogP contribution in [0.2, 0.25) is 0 Å². The summed E-state index contributed by atoms with van der Waals surface area (Å²) in [5.74, 6) is -0.160. The van der Waals surface area contributed by atoms with E-state index < -0.39 is 0 Å². The number of carbonyl (C=O) groups excluding carboxylic acids is 1. The van der Waals surface area contributed by atoms with Gasteiger partial charge in [-0.3, -0.25) is 0 Å². The molecule has 0 saturated carbocycles. The van der Waals surface area contributed by atoms with Gasteiger partial charge >= 0.3 is 5.97 Å². The zero-order valence-electron chi connectivity index (χ0n) is 20.0. The number of hydrogen-bond acceptors (Lipinski definition) is 2. The van der Waals surface area contributed by atoms with Crippen LogP contribution in [0.15, 0.2) is 12.2 Å². The second-order valence-electron chi connectivity index (χ2n) is 8.72. The fourth-order valence-electron chi connectivity index (χ4n) is 3.74. The minimum absolute atomic E-state index is 0.160. The summed E-state index contributed by atoms with van der Waals surface area (Å²) in [6.07, 6.45) is 31.3. The SMILES string of the molecule is CCCCCCCCCCCCCC=CC(=O)OCCCCCCCCCCC. The first-order valence-corrected chi connectivity index (χ1v) is 13.1. The van der Waals surface area contributed by atoms with Gasteiger partial charge in [-0.25, -0.2) is 4.79 Å². The van der Waals surface area contributed by atoms with Crippen molar-refractivity contribution in [3.8, 4) is 0 Å². The molecule has 0 aliphatic carbocycles. The molecule has 172 valence electrons. The third-order valence-corrected chi connectivity index (χ3v) is 5.72. The lowest BCUT2D eigenvalue weighted by Crippen LogP contribution is -2.02. The molecule has 0 aliphatic heterocycles. The van der Waals surface area contributed by atoms with E-state index in [1.807, 2.05) is 6.08 Å². The second-order valence-corrected chi connectivity index (χ2v) is 8.72. The van der Waals surface area contributed by atoms with Gasteiger partial charge < -0.3 is 4.74 Å². The Bertz CT molecular complexity index is 348. The Balaban J connectivity index is 3.23. The summed E-state index contributed by atoms with van der Waals surface area (Å²) in [6.45, 7) is 5.11. The predicted octanol–water partition coefficient (Wildman–Crippen LogP) is 9.32. The molecule has 0 amide bonds. The molecule has 0 bridgehead atoms. The monoisotopic (exact) mass is 408 g/mol. The molecule has 0 heterocycles. The molecule has 2 nitrogen and oxygen atoms in total. The molecule has 0 aromatic rings. The van der Waals surface area contributed by atoms with Crippen LogP contribution >= 0.6 is 0 Å². The molecule has 0 atom stereocenters. The summed E-state index contributed by atoms with van der Waals surface area (Å²) in [6, 6.07) is 0. The van der Waals surface area contributed by atoms with Crippen molar-refractivity contribution in [2.45, 2.75) is 149 Å². The molecule has 0 saturated heterocycles. The fraction of sp³-hybridized carbons (Fsp3) is 0.889. The Hall–Kier alpha value is -0.790. The smallest absolute Gasteiger partial charge is 0.330 e. The molecule has 0 rings (SSSR count). The van der Waals surface area contributed by atoms with E-state index in [-0.39, 0.29) is 5.97 Å². The topological polar surface area (TPSA) is 26.3 Å². The first-order valence-electron chi connectivity index (χ1n) is 13.1. The largest absolute Gasteiger partial charge is 0.463 e. The normalized spacial score (nSPS) is 11.4. The van der Waals surface area contributed by atoms with Crippen LogP contribution in [0.3, 0.4) is 0 Å². The Kier molecular flexibility index (Phi) is 24.6. The maximum Gasteiger partial charge on any atom is 0.330 e. The van der Waals surface area contributed by atoms with Gasteiger partial charge in [0, 0.05) is 6.08 Å². The first-order chi connectivity index (χ1) is 14.3. The van der Waals surface area contributed by atoms with Crippen LogP contribution in [0.5, 0.6) is 0 Å². The van der Waals surface area contributed by atoms with Crippen LogP contribution in [0.1, 0.15) is 149 Å². The lowest BCUT2D eigenvalue weighted by molar-refractivity contribution is -0.137. The second kappa shape index (κ2) is 25.2. The molecule has 0 radical (unpaired) electrons. The highest BCUT2D eigenvalue weighted by atomic mass is 16.5. The predicted molar refractivity (Wildman–Crippen MR) is 128 cm³/mol. The van der Waals surface area contributed by atoms with Crippen molar-refractivity contribution in [1.82, 2.24) is 0 Å². The molecule has 0 N–H and O–H groups in total. The van der Waals surface area contributed by atoms with Gasteiger partial charge in [0.1, 0.15) is 0 Å². The third kappa shape index (κ3) is 25.2. The van der Waals surface area contributed by atoms with Crippen molar-refractivity contribution in [3.63, 3.8) is 0 Å². The minimum Gasteiger partial charge on any atom is -0.463 e. The quantitative estimate of drug-likeness (QED) is 0.0956. The minimum atomic E-state index is -0.160. The molecule has 2 heteroatoms. The van der Waals surface area contributed by atoms with Crippen LogP contribution in [0.4, 0.5) is 0 Å². The van der Waals surface area contributed by atoms with Gasteiger partial charge in [0.2, 0.25) is 0 Å². The van der Waals surface area contributed by atoms with E-state index in [1.54, 1.807) is 6.08 Å². The molecule has 0 aromatic carbocycles. The van der Waals surface area contributed by atoms with Crippen molar-refractivity contribution in [3.05, 3.63) is 12.2 Å². The van der Waals surface area contributed by atoms with E-state index >= 15 is 0 Å². The van der Waals surface area contributed by atoms with E-state index in [2.05, 4.69) is 13.8 Å². The maximum atomic E-state index is 11.7. The average molecular weight is 409 g/mol. The van der Waals surface area contributed by atoms with Crippen molar-refractivity contribution >= 4 is 5.97 Å². The highest BCUT2D eigenvalue weighted by molar-refractivity contribution is 5.81. The summed E-state index contributed by atoms with van der Waals surface area (Å²) in [5.41, 5.74) is 0. The highest BCUT2D eigenvalue weighted by Gasteiger charge is 1.97. The van der Waals surface area contributed by atoms with Crippen LogP contribution < -0.4 is 0 Å². The van der Waals surface area contributed by atoms with Gasteiger partial charge in [-0.2, -0.15) is 0 Å². The van der Waals surface area contributed by atoms with Crippen LogP contribution in [-0.4, -0.2) is 12.6 Å². The van der Waals surface area contributed by atoms with Crippen LogP contribution in [0, 0.1) is 0 Å². The third-order valence-electron chi connectivity index (χ3n) is 5.72. The Morgan fingerprint density at radius 3 is 1.38 bits per heavy atom. The number of ether oxygens (including phenoxy) is 1. The van der Waals surface area contributed by atoms with E-state index in [0.717, 1.165) is 12.8 Å². The number of esters is 1. The fourth-order valence-corrected chi connectivity index (χ4v) is 3.74. The molecule has 0 unspecified atom stereocenters. The van der Waals surface area contributed by atoms with Crippen molar-refractivity contribution in [2.24, 2.45) is 0 Å². The molecule has 0 aliphatic rings. The Labute approximate surface area is 183 Å². The summed E-state index contributed by atoms with van der Waals surface area (Å²) in [7, 11) is 0. The van der Waals surface area contributed by atoms with Gasteiger partial charge in [0.15, 0.2) is 0 Å². The van der Waals surface area contributed by atoms with Crippen molar-refractivity contribution in [1.29, 1.82) is 0 Å². The number of unbranched alkanes of at least 4 members (excludes halogenated alkanes) is 19. The maximum absolute atomic E-state index is 11.7. The average Bonchev–Trinajstić information content (AvgIpc) is 2.72. The van der Waals surface area contributed by atoms with Crippen LogP contribution in [0.25, 0.3) is 0 Å². The lowest BCUT2D eigenvalue weighted by atomic mass is 10.1. The van der Waals surface area contributed by atoms with Gasteiger partial charge in [-0.1, -0.05) is 135 Å². The Morgan fingerprint density at radius 2 is 0.931 bits per heavy atom. The van der Waals surface area contributed by atoms with Gasteiger partial charge in [-0.05, 0) is 19.3 Å². The highest BCUT2D eigenvalue weighted by Crippen LogP contribution is 2.12. The van der Waals surface area contributed by atoms with Gasteiger partial charge in [0.05, 0.1) is 6.61 Å². The first kappa shape index (κ1) is 28.2. The lowest BCUT2D eigenvalue weighted by Gasteiger charge is -2.03. The molecule has 0 aromatic heterocycles. The summed E-state index contributed by atoms with van der Waals surface area (Å²) >= 11 is 0. The molecular formula is C27H52O2. The van der Waals surface area contributed by atoms with Crippen molar-refractivity contribution < 1.29 is 9.53 Å². The standard InChI is InChI=1S/C27H52O2/c1-3-5-7-9-11-13-14-15-16-17-19-21-23-25-27(28)29-26-24-22-20-18-12-10-8-6-4-2/h23,25H,3-22,24,26H2,1-2H3. The zero-order chi connectivity index (χ0) is 21.3. The molecular weight excluding hydrogens is 356 g/mol. The molecule has 0 spiro atoms. The van der Waals surface area contributed by atoms with E-state index in [9.17, 15) is 4.79 Å². The number of rotatable bonds is 23. The number of hydrogen-bond donors (Lipinski definition) is 0. The molecule has 0 fully saturated rings. The van der Waals surface area contributed by atoms with E-state index in [1.165, 1.54) is 122 Å². The van der Waals surface area contributed by atoms with Gasteiger partial charge in [-0.15, -0.1) is 0 Å². The van der Waals surface area contributed by atoms with Crippen LogP contribution in [-0.2, 0) is 9.53 Å². The number of carbonyl (C=O) groups is 1. The summed E-state index contributed by atoms with van der Waals surface area (Å²) in [4.78, 5) is 11.7. The summed E-state index contributed by atoms with van der Waals surface area (Å²) < 4.78 is 5.28. The Morgan fingerprint density at radius 1 is 0.552 bits per heavy atom. The van der Waals surface area contributed by atoms with Crippen molar-refractivity contribution in [2.75, 3.05) is 6.61 Å². The molecule has 29 heavy (non-hydrogen) atoms. The summed E-state index contributed by atoms with van der Waals surface area (Å²) in [5, 5.41) is 0. The van der Waals surface area contributed by atoms with E-state index in [0.29, 0.717) is 6.61 Å². The van der Waals surface area contributed by atoms with E-state index in [4.69, 9.17) is 4.74 Å². The van der Waals surface area contributed by atoms with Gasteiger partial charge in [0.25, 0.3) is 0 Å². The zero-order valence-corrected chi connectivity index (χ0v) is 20.0.